The van der Waals surface area contributed by atoms with Crippen LogP contribution in [-0.2, 0) is 4.79 Å². The van der Waals surface area contributed by atoms with Gasteiger partial charge in [-0.1, -0.05) is 17.7 Å². The fraction of sp³-hybridized carbons (Fsp3) is 0.467. The molecule has 0 unspecified atom stereocenters. The Labute approximate surface area is 129 Å². The van der Waals surface area contributed by atoms with Crippen LogP contribution >= 0.6 is 11.8 Å². The Bertz CT molecular complexity index is 476. The lowest BCUT2D eigenvalue weighted by molar-refractivity contribution is -0.136. The molecule has 1 N–H and O–H groups in total. The van der Waals surface area contributed by atoms with Crippen LogP contribution in [0.25, 0.3) is 0 Å². The smallest absolute Gasteiger partial charge is 0.324 e. The van der Waals surface area contributed by atoms with Gasteiger partial charge in [0.1, 0.15) is 0 Å². The van der Waals surface area contributed by atoms with Crippen LogP contribution in [0.2, 0.25) is 0 Å². The number of thioether (sulfide) groups is 1. The molecule has 0 saturated carbocycles. The summed E-state index contributed by atoms with van der Waals surface area (Å²) in [5.74, 6) is -0.0604. The van der Waals surface area contributed by atoms with Crippen molar-refractivity contribution < 1.29 is 14.7 Å². The molecule has 6 heteroatoms. The number of nitrogens with zero attached hydrogens (tertiary/aromatic N) is 2. The quantitative estimate of drug-likeness (QED) is 0.841. The number of amides is 2. The highest BCUT2D eigenvalue weighted by Gasteiger charge is 2.20. The number of hydrogen-bond donors (Lipinski definition) is 1. The van der Waals surface area contributed by atoms with E-state index < -0.39 is 5.97 Å². The lowest BCUT2D eigenvalue weighted by atomic mass is 10.2. The third-order valence-electron chi connectivity index (χ3n) is 3.08. The van der Waals surface area contributed by atoms with Gasteiger partial charge in [0.05, 0.1) is 6.42 Å². The second-order valence-corrected chi connectivity index (χ2v) is 5.81. The molecule has 116 valence electrons. The molecule has 0 saturated heterocycles. The summed E-state index contributed by atoms with van der Waals surface area (Å²) in [6.45, 7) is 2.77. The largest absolute Gasteiger partial charge is 0.481 e. The van der Waals surface area contributed by atoms with Crippen LogP contribution in [-0.4, -0.2) is 54.2 Å². The van der Waals surface area contributed by atoms with Crippen molar-refractivity contribution in [1.82, 2.24) is 4.90 Å². The number of carboxylic acid groups (broad SMARTS) is 1. The molecule has 2 amide bonds. The van der Waals surface area contributed by atoms with Crippen molar-refractivity contribution in [2.75, 3.05) is 37.0 Å². The van der Waals surface area contributed by atoms with Gasteiger partial charge in [0, 0.05) is 31.6 Å². The SMILES string of the molecule is CSCCN(C)C(=O)N(CCC(=O)O)c1ccc(C)cc1. The van der Waals surface area contributed by atoms with Gasteiger partial charge in [0.2, 0.25) is 0 Å². The Morgan fingerprint density at radius 1 is 1.19 bits per heavy atom. The van der Waals surface area contributed by atoms with Gasteiger partial charge < -0.3 is 10.0 Å². The Morgan fingerprint density at radius 2 is 1.81 bits per heavy atom. The van der Waals surface area contributed by atoms with Crippen LogP contribution in [0, 0.1) is 6.92 Å². The van der Waals surface area contributed by atoms with E-state index in [0.29, 0.717) is 6.54 Å². The van der Waals surface area contributed by atoms with Crippen molar-refractivity contribution >= 4 is 29.4 Å². The molecule has 0 aliphatic carbocycles. The molecular weight excluding hydrogens is 288 g/mol. The maximum atomic E-state index is 12.5. The first kappa shape index (κ1) is 17.4. The van der Waals surface area contributed by atoms with Crippen LogP contribution in [0.4, 0.5) is 10.5 Å². The summed E-state index contributed by atoms with van der Waals surface area (Å²) in [5.41, 5.74) is 1.82. The van der Waals surface area contributed by atoms with Gasteiger partial charge in [-0.25, -0.2) is 4.79 Å². The number of anilines is 1. The van der Waals surface area contributed by atoms with Crippen LogP contribution in [0.3, 0.4) is 0 Å². The van der Waals surface area contributed by atoms with Crippen molar-refractivity contribution in [3.8, 4) is 0 Å². The molecule has 0 radical (unpaired) electrons. The second kappa shape index (κ2) is 8.56. The summed E-state index contributed by atoms with van der Waals surface area (Å²) in [6.07, 6.45) is 1.91. The minimum atomic E-state index is -0.910. The predicted octanol–water partition coefficient (Wildman–Crippen LogP) is 2.69. The lowest BCUT2D eigenvalue weighted by Crippen LogP contribution is -2.43. The van der Waals surface area contributed by atoms with Gasteiger partial charge in [-0.2, -0.15) is 11.8 Å². The minimum absolute atomic E-state index is 0.0734. The lowest BCUT2D eigenvalue weighted by Gasteiger charge is -2.28. The van der Waals surface area contributed by atoms with E-state index in [0.717, 1.165) is 17.0 Å². The van der Waals surface area contributed by atoms with E-state index in [9.17, 15) is 9.59 Å². The molecule has 0 atom stereocenters. The second-order valence-electron chi connectivity index (χ2n) is 4.83. The normalized spacial score (nSPS) is 10.2. The molecule has 0 heterocycles. The first-order valence-electron chi connectivity index (χ1n) is 6.75. The van der Waals surface area contributed by atoms with E-state index in [-0.39, 0.29) is 19.0 Å². The summed E-state index contributed by atoms with van der Waals surface area (Å²) in [4.78, 5) is 26.4. The van der Waals surface area contributed by atoms with E-state index >= 15 is 0 Å². The van der Waals surface area contributed by atoms with E-state index in [1.165, 1.54) is 4.90 Å². The first-order valence-corrected chi connectivity index (χ1v) is 8.15. The zero-order valence-electron chi connectivity index (χ0n) is 12.7. The minimum Gasteiger partial charge on any atom is -0.481 e. The Hall–Kier alpha value is -1.69. The summed E-state index contributed by atoms with van der Waals surface area (Å²) < 4.78 is 0. The molecule has 21 heavy (non-hydrogen) atoms. The molecule has 1 aromatic carbocycles. The molecule has 0 aliphatic rings. The van der Waals surface area contributed by atoms with E-state index in [4.69, 9.17) is 5.11 Å². The van der Waals surface area contributed by atoms with E-state index in [1.54, 1.807) is 23.7 Å². The Kier molecular flexibility index (Phi) is 7.08. The zero-order chi connectivity index (χ0) is 15.8. The number of hydrogen-bond acceptors (Lipinski definition) is 3. The number of carboxylic acids is 1. The number of urea groups is 1. The maximum absolute atomic E-state index is 12.5. The standard InChI is InChI=1S/C15H22N2O3S/c1-12-4-6-13(7-5-12)17(9-8-14(18)19)15(20)16(2)10-11-21-3/h4-7H,8-11H2,1-3H3,(H,18,19). The van der Waals surface area contributed by atoms with Crippen LogP contribution in [0.5, 0.6) is 0 Å². The average molecular weight is 310 g/mol. The number of carbonyl (C=O) groups excluding carboxylic acids is 1. The molecule has 0 aliphatic heterocycles. The predicted molar refractivity (Wildman–Crippen MR) is 87.2 cm³/mol. The van der Waals surface area contributed by atoms with Crippen LogP contribution in [0.1, 0.15) is 12.0 Å². The van der Waals surface area contributed by atoms with Crippen molar-refractivity contribution in [1.29, 1.82) is 0 Å². The first-order chi connectivity index (χ1) is 9.95. The number of aryl methyl sites for hydroxylation is 1. The topological polar surface area (TPSA) is 60.9 Å². The molecule has 5 nitrogen and oxygen atoms in total. The Morgan fingerprint density at radius 3 is 2.33 bits per heavy atom. The van der Waals surface area contributed by atoms with Crippen molar-refractivity contribution in [3.05, 3.63) is 29.8 Å². The number of benzene rings is 1. The van der Waals surface area contributed by atoms with Gasteiger partial charge in [-0.15, -0.1) is 0 Å². The molecule has 0 fully saturated rings. The fourth-order valence-corrected chi connectivity index (χ4v) is 2.25. The van der Waals surface area contributed by atoms with E-state index in [1.807, 2.05) is 37.4 Å². The highest BCUT2D eigenvalue weighted by Crippen LogP contribution is 2.17. The number of aliphatic carboxylic acids is 1. The van der Waals surface area contributed by atoms with Crippen molar-refractivity contribution in [2.45, 2.75) is 13.3 Å². The van der Waals surface area contributed by atoms with Gasteiger partial charge in [-0.3, -0.25) is 9.69 Å². The van der Waals surface area contributed by atoms with Gasteiger partial charge >= 0.3 is 12.0 Å². The number of rotatable bonds is 7. The van der Waals surface area contributed by atoms with E-state index in [2.05, 4.69) is 0 Å². The van der Waals surface area contributed by atoms with Gasteiger partial charge in [0.15, 0.2) is 0 Å². The highest BCUT2D eigenvalue weighted by molar-refractivity contribution is 7.98. The van der Waals surface area contributed by atoms with Gasteiger partial charge in [0.25, 0.3) is 0 Å². The monoisotopic (exact) mass is 310 g/mol. The van der Waals surface area contributed by atoms with Crippen LogP contribution < -0.4 is 4.90 Å². The molecule has 0 spiro atoms. The number of carbonyl (C=O) groups is 2. The van der Waals surface area contributed by atoms with Crippen molar-refractivity contribution in [2.24, 2.45) is 0 Å². The molecular formula is C15H22N2O3S. The zero-order valence-corrected chi connectivity index (χ0v) is 13.5. The van der Waals surface area contributed by atoms with Crippen molar-refractivity contribution in [3.63, 3.8) is 0 Å². The molecule has 1 aromatic rings. The third-order valence-corrected chi connectivity index (χ3v) is 3.67. The average Bonchev–Trinajstić information content (AvgIpc) is 2.46. The summed E-state index contributed by atoms with van der Waals surface area (Å²) in [6, 6.07) is 7.35. The van der Waals surface area contributed by atoms with Crippen LogP contribution in [0.15, 0.2) is 24.3 Å². The summed E-state index contributed by atoms with van der Waals surface area (Å²) >= 11 is 1.67. The third kappa shape index (κ3) is 5.67. The van der Waals surface area contributed by atoms with Gasteiger partial charge in [-0.05, 0) is 25.3 Å². The molecule has 0 aromatic heterocycles. The summed E-state index contributed by atoms with van der Waals surface area (Å²) in [7, 11) is 1.74. The molecule has 0 bridgehead atoms. The maximum Gasteiger partial charge on any atom is 0.324 e. The highest BCUT2D eigenvalue weighted by atomic mass is 32.2. The summed E-state index contributed by atoms with van der Waals surface area (Å²) in [5, 5.41) is 8.86. The molecule has 1 rings (SSSR count). The fourth-order valence-electron chi connectivity index (χ4n) is 1.80. The Balaban J connectivity index is 2.87.